The second-order valence-corrected chi connectivity index (χ2v) is 10.5. The molecule has 7 fully saturated rings. The van der Waals surface area contributed by atoms with E-state index < -0.39 is 23.0 Å². The lowest BCUT2D eigenvalue weighted by atomic mass is 9.33. The van der Waals surface area contributed by atoms with E-state index in [-0.39, 0.29) is 29.4 Å². The number of carbonyl (C=O) groups excluding carboxylic acids is 1. The number of hydrogen-bond acceptors (Lipinski definition) is 4. The first-order valence-electron chi connectivity index (χ1n) is 10.8. The topological polar surface area (TPSA) is 70.0 Å². The highest BCUT2D eigenvalue weighted by Gasteiger charge is 2.77. The smallest absolute Gasteiger partial charge is 0.230 e. The molecule has 5 heteroatoms. The van der Waals surface area contributed by atoms with Crippen molar-refractivity contribution in [1.29, 1.82) is 0 Å². The first-order valence-corrected chi connectivity index (χ1v) is 10.8. The zero-order valence-electron chi connectivity index (χ0n) is 16.2. The van der Waals surface area contributed by atoms with Gasteiger partial charge in [-0.2, -0.15) is 0 Å². The Balaban J connectivity index is 1.58. The molecule has 1 spiro atoms. The number of ether oxygens (including phenoxy) is 1. The second-order valence-electron chi connectivity index (χ2n) is 10.5. The van der Waals surface area contributed by atoms with Crippen molar-refractivity contribution in [2.75, 3.05) is 13.2 Å². The molecule has 9 atom stereocenters. The van der Waals surface area contributed by atoms with E-state index in [0.717, 1.165) is 44.1 Å². The number of rotatable bonds is 0. The van der Waals surface area contributed by atoms with E-state index >= 15 is 0 Å². The Morgan fingerprint density at radius 2 is 1.96 bits per heavy atom. The van der Waals surface area contributed by atoms with Crippen LogP contribution >= 0.6 is 0 Å². The minimum Gasteiger partial charge on any atom is -0.392 e. The molecule has 0 aromatic rings. The van der Waals surface area contributed by atoms with Crippen LogP contribution in [0.2, 0.25) is 0 Å². The van der Waals surface area contributed by atoms with E-state index in [1.54, 1.807) is 0 Å². The van der Waals surface area contributed by atoms with Crippen LogP contribution in [0.1, 0.15) is 51.9 Å². The fourth-order valence-corrected chi connectivity index (χ4v) is 8.97. The summed E-state index contributed by atoms with van der Waals surface area (Å²) in [4.78, 5) is 15.5. The highest BCUT2D eigenvalue weighted by atomic mass is 16.5. The summed E-state index contributed by atoms with van der Waals surface area (Å²) in [6, 6.07) is 0. The van der Waals surface area contributed by atoms with Gasteiger partial charge in [0.15, 0.2) is 0 Å². The van der Waals surface area contributed by atoms with Crippen LogP contribution in [0.3, 0.4) is 0 Å². The minimum atomic E-state index is -0.624. The van der Waals surface area contributed by atoms with Crippen molar-refractivity contribution >= 4 is 5.91 Å². The summed E-state index contributed by atoms with van der Waals surface area (Å²) < 4.78 is 6.29. The molecular weight excluding hydrogens is 342 g/mol. The molecule has 5 aliphatic carbocycles. The lowest BCUT2D eigenvalue weighted by molar-refractivity contribution is -0.304. The number of aliphatic hydroxyl groups excluding tert-OH is 2. The van der Waals surface area contributed by atoms with Gasteiger partial charge < -0.3 is 19.8 Å². The van der Waals surface area contributed by atoms with Crippen LogP contribution < -0.4 is 0 Å². The predicted molar refractivity (Wildman–Crippen MR) is 98.4 cm³/mol. The predicted octanol–water partition coefficient (Wildman–Crippen LogP) is 2.08. The molecule has 1 unspecified atom stereocenters. The Morgan fingerprint density at radius 1 is 1.15 bits per heavy atom. The molecular formula is C22H31NO4. The maximum atomic E-state index is 13.4. The van der Waals surface area contributed by atoms with E-state index in [4.69, 9.17) is 4.74 Å². The molecule has 1 amide bonds. The van der Waals surface area contributed by atoms with Crippen molar-refractivity contribution in [3.05, 3.63) is 12.2 Å². The van der Waals surface area contributed by atoms with Crippen molar-refractivity contribution < 1.29 is 19.7 Å². The zero-order valence-corrected chi connectivity index (χ0v) is 16.2. The van der Waals surface area contributed by atoms with Gasteiger partial charge in [0.05, 0.1) is 24.2 Å². The van der Waals surface area contributed by atoms with Gasteiger partial charge in [0.1, 0.15) is 6.23 Å². The van der Waals surface area contributed by atoms with E-state index in [0.29, 0.717) is 25.5 Å². The maximum absolute atomic E-state index is 13.4. The maximum Gasteiger partial charge on any atom is 0.230 e. The van der Waals surface area contributed by atoms with Gasteiger partial charge in [0.25, 0.3) is 0 Å². The van der Waals surface area contributed by atoms with Crippen LogP contribution in [0.5, 0.6) is 0 Å². The van der Waals surface area contributed by atoms with Crippen molar-refractivity contribution in [1.82, 2.24) is 4.90 Å². The van der Waals surface area contributed by atoms with E-state index in [1.165, 1.54) is 0 Å². The molecule has 27 heavy (non-hydrogen) atoms. The number of fused-ring (bicyclic) bond motifs is 3. The van der Waals surface area contributed by atoms with Crippen LogP contribution in [0.4, 0.5) is 0 Å². The molecule has 7 aliphatic rings. The van der Waals surface area contributed by atoms with Gasteiger partial charge in [-0.25, -0.2) is 0 Å². The van der Waals surface area contributed by atoms with Crippen LogP contribution in [0.15, 0.2) is 12.2 Å². The average molecular weight is 373 g/mol. The first kappa shape index (κ1) is 17.0. The van der Waals surface area contributed by atoms with Crippen LogP contribution in [-0.4, -0.2) is 52.6 Å². The zero-order chi connectivity index (χ0) is 18.8. The highest BCUT2D eigenvalue weighted by molar-refractivity contribution is 5.85. The molecule has 5 nitrogen and oxygen atoms in total. The number of amides is 1. The fourth-order valence-electron chi connectivity index (χ4n) is 8.97. The Labute approximate surface area is 160 Å². The lowest BCUT2D eigenvalue weighted by Gasteiger charge is -2.74. The summed E-state index contributed by atoms with van der Waals surface area (Å²) in [6.45, 7) is 7.66. The Hall–Kier alpha value is -0.910. The summed E-state index contributed by atoms with van der Waals surface area (Å²) in [7, 11) is 0. The molecule has 148 valence electrons. The quantitative estimate of drug-likeness (QED) is 0.638. The van der Waals surface area contributed by atoms with Gasteiger partial charge >= 0.3 is 0 Å². The monoisotopic (exact) mass is 373 g/mol. The molecule has 5 saturated carbocycles. The summed E-state index contributed by atoms with van der Waals surface area (Å²) in [5.41, 5.74) is -0.0970. The second kappa shape index (κ2) is 4.98. The lowest BCUT2D eigenvalue weighted by Crippen LogP contribution is -2.77. The molecule has 0 aromatic carbocycles. The van der Waals surface area contributed by atoms with Crippen LogP contribution in [0, 0.1) is 34.0 Å². The van der Waals surface area contributed by atoms with Crippen LogP contribution in [-0.2, 0) is 9.53 Å². The normalized spacial score (nSPS) is 58.7. The van der Waals surface area contributed by atoms with Gasteiger partial charge in [-0.15, -0.1) is 0 Å². The number of nitrogens with zero attached hydrogens (tertiary/aromatic N) is 1. The summed E-state index contributed by atoms with van der Waals surface area (Å²) in [5, 5.41) is 22.7. The number of piperidine rings is 1. The molecule has 0 radical (unpaired) electrons. The third kappa shape index (κ3) is 1.61. The van der Waals surface area contributed by atoms with E-state index in [2.05, 4.69) is 13.5 Å². The molecule has 2 aliphatic heterocycles. The Morgan fingerprint density at radius 3 is 2.78 bits per heavy atom. The van der Waals surface area contributed by atoms with Gasteiger partial charge in [0.2, 0.25) is 5.91 Å². The third-order valence-electron chi connectivity index (χ3n) is 10.0. The van der Waals surface area contributed by atoms with Crippen molar-refractivity contribution in [3.8, 4) is 0 Å². The van der Waals surface area contributed by atoms with Gasteiger partial charge in [-0.1, -0.05) is 19.9 Å². The molecule has 2 N–H and O–H groups in total. The van der Waals surface area contributed by atoms with E-state index in [9.17, 15) is 15.0 Å². The van der Waals surface area contributed by atoms with E-state index in [1.807, 2.05) is 4.90 Å². The molecule has 2 heterocycles. The van der Waals surface area contributed by atoms with Crippen molar-refractivity contribution in [3.63, 3.8) is 0 Å². The highest BCUT2D eigenvalue weighted by Crippen LogP contribution is 2.75. The molecule has 4 bridgehead atoms. The standard InChI is InChI=1S/C22H31NO4/c1-12-13-4-7-22(17(12)25)15(10-13)21-6-3-5-20(2,14(21)11-16(22)24)18(26)23-8-9-27-19(21)23/h13-17,19,24-25H,1,3-11H2,2H3/t13-,14+,15-,16+,17-,19?,20+,21-,22+/m0/s1. The summed E-state index contributed by atoms with van der Waals surface area (Å²) in [6.07, 6.45) is 5.13. The number of carbonyl (C=O) groups is 1. The van der Waals surface area contributed by atoms with Gasteiger partial charge in [-0.3, -0.25) is 4.79 Å². The van der Waals surface area contributed by atoms with Crippen molar-refractivity contribution in [2.24, 2.45) is 34.0 Å². The first-order chi connectivity index (χ1) is 12.9. The molecule has 0 aromatic heterocycles. The van der Waals surface area contributed by atoms with Gasteiger partial charge in [0, 0.05) is 17.4 Å². The van der Waals surface area contributed by atoms with Gasteiger partial charge in [-0.05, 0) is 61.9 Å². The largest absolute Gasteiger partial charge is 0.392 e. The minimum absolute atomic E-state index is 0.128. The van der Waals surface area contributed by atoms with Crippen LogP contribution in [0.25, 0.3) is 0 Å². The average Bonchev–Trinajstić information content (AvgIpc) is 3.15. The SMILES string of the molecule is C=C1[C@H]2CC[C@@]3([C@H](O)C[C@H]4[C@@]5(CCC[C@@]4(C)C(=O)N4CCOC45)[C@@H]3C2)[C@H]1O. The number of hydrogen-bond donors (Lipinski definition) is 2. The third-order valence-corrected chi connectivity index (χ3v) is 10.0. The van der Waals surface area contributed by atoms with Crippen molar-refractivity contribution in [2.45, 2.75) is 70.3 Å². The Bertz CT molecular complexity index is 738. The number of aliphatic hydroxyl groups is 2. The Kier molecular flexibility index (Phi) is 3.13. The molecule has 2 saturated heterocycles. The molecule has 7 rings (SSSR count). The summed E-state index contributed by atoms with van der Waals surface area (Å²) in [5.74, 6) is 0.930. The fraction of sp³-hybridized carbons (Fsp3) is 0.864. The summed E-state index contributed by atoms with van der Waals surface area (Å²) >= 11 is 0.